The number of aromatic nitrogens is 2. The van der Waals surface area contributed by atoms with Gasteiger partial charge in [0.1, 0.15) is 12.2 Å². The van der Waals surface area contributed by atoms with Gasteiger partial charge < -0.3 is 14.0 Å². The number of hydrogen-bond donors (Lipinski definition) is 0. The van der Waals surface area contributed by atoms with Crippen LogP contribution in [-0.4, -0.2) is 23.3 Å². The Morgan fingerprint density at radius 3 is 2.60 bits per heavy atom. The lowest BCUT2D eigenvalue weighted by molar-refractivity contribution is 0.132. The number of hydrogen-bond acceptors (Lipinski definition) is 3. The molecule has 0 aliphatic carbocycles. The molecule has 2 aromatic rings. The minimum atomic E-state index is 0. The van der Waals surface area contributed by atoms with Crippen LogP contribution in [-0.2, 0) is 11.5 Å². The zero-order chi connectivity index (χ0) is 14.0. The fourth-order valence-electron chi connectivity index (χ4n) is 2.20. The number of rotatable bonds is 5. The highest BCUT2D eigenvalue weighted by Crippen LogP contribution is 2.30. The van der Waals surface area contributed by atoms with Crippen molar-refractivity contribution in [2.24, 2.45) is 5.92 Å². The summed E-state index contributed by atoms with van der Waals surface area (Å²) in [6, 6.07) is 2.03. The van der Waals surface area contributed by atoms with E-state index in [0.29, 0.717) is 25.1 Å². The molecule has 0 saturated heterocycles. The van der Waals surface area contributed by atoms with Crippen molar-refractivity contribution in [3.8, 4) is 5.88 Å². The summed E-state index contributed by atoms with van der Waals surface area (Å²) in [5.41, 5.74) is 3.48. The molecule has 0 radical (unpaired) electrons. The largest absolute Gasteiger partial charge is 0.476 e. The maximum absolute atomic E-state index is 5.85. The van der Waals surface area contributed by atoms with E-state index in [4.69, 9.17) is 9.47 Å². The smallest absolute Gasteiger partial charge is 0.238 e. The second-order valence-electron chi connectivity index (χ2n) is 5.27. The lowest BCUT2D eigenvalue weighted by Crippen LogP contribution is -2.08. The molecule has 0 saturated carbocycles. The predicted octanol–water partition coefficient (Wildman–Crippen LogP) is 3.71. The van der Waals surface area contributed by atoms with Crippen molar-refractivity contribution in [1.29, 1.82) is 0 Å². The molecule has 0 aromatic carbocycles. The highest BCUT2D eigenvalue weighted by Gasteiger charge is 2.16. The van der Waals surface area contributed by atoms with E-state index in [9.17, 15) is 0 Å². The van der Waals surface area contributed by atoms with Crippen molar-refractivity contribution in [2.45, 2.75) is 34.4 Å². The fourth-order valence-corrected chi connectivity index (χ4v) is 2.20. The van der Waals surface area contributed by atoms with E-state index >= 15 is 0 Å². The van der Waals surface area contributed by atoms with E-state index in [-0.39, 0.29) is 12.4 Å². The normalized spacial score (nSPS) is 10.9. The Labute approximate surface area is 126 Å². The van der Waals surface area contributed by atoms with Gasteiger partial charge in [-0.05, 0) is 31.4 Å². The van der Waals surface area contributed by atoms with E-state index < -0.39 is 0 Å². The molecular formula is C15H23ClN2O2. The molecule has 0 unspecified atom stereocenters. The summed E-state index contributed by atoms with van der Waals surface area (Å²) in [7, 11) is 1.70. The molecule has 0 aliphatic heterocycles. The number of fused-ring (bicyclic) bond motifs is 1. The van der Waals surface area contributed by atoms with Crippen LogP contribution < -0.4 is 4.74 Å². The maximum atomic E-state index is 5.85. The Kier molecular flexibility index (Phi) is 5.84. The summed E-state index contributed by atoms with van der Waals surface area (Å²) in [5.74, 6) is 1.17. The van der Waals surface area contributed by atoms with Crippen molar-refractivity contribution in [2.75, 3.05) is 13.7 Å². The van der Waals surface area contributed by atoms with Gasteiger partial charge in [-0.3, -0.25) is 0 Å². The minimum Gasteiger partial charge on any atom is -0.476 e. The quantitative estimate of drug-likeness (QED) is 0.844. The molecule has 0 aliphatic rings. The van der Waals surface area contributed by atoms with E-state index in [1.807, 2.05) is 12.3 Å². The third-order valence-corrected chi connectivity index (χ3v) is 3.32. The Morgan fingerprint density at radius 1 is 1.30 bits per heavy atom. The monoisotopic (exact) mass is 298 g/mol. The van der Waals surface area contributed by atoms with Gasteiger partial charge in [-0.25, -0.2) is 4.98 Å². The van der Waals surface area contributed by atoms with Gasteiger partial charge in [0.25, 0.3) is 0 Å². The first kappa shape index (κ1) is 16.8. The molecular weight excluding hydrogens is 276 g/mol. The third kappa shape index (κ3) is 3.07. The summed E-state index contributed by atoms with van der Waals surface area (Å²) in [6.45, 7) is 9.66. The van der Waals surface area contributed by atoms with Crippen LogP contribution in [0.5, 0.6) is 5.88 Å². The van der Waals surface area contributed by atoms with Crippen LogP contribution in [0.4, 0.5) is 0 Å². The Balaban J connectivity index is 0.00000200. The minimum absolute atomic E-state index is 0. The van der Waals surface area contributed by atoms with Gasteiger partial charge in [0.15, 0.2) is 0 Å². The van der Waals surface area contributed by atoms with E-state index in [2.05, 4.69) is 37.2 Å². The van der Waals surface area contributed by atoms with Gasteiger partial charge in [0.05, 0.1) is 6.61 Å². The first-order valence-electron chi connectivity index (χ1n) is 6.62. The van der Waals surface area contributed by atoms with Gasteiger partial charge in [0, 0.05) is 24.4 Å². The van der Waals surface area contributed by atoms with Crippen molar-refractivity contribution in [3.05, 3.63) is 23.5 Å². The molecule has 2 aromatic heterocycles. The van der Waals surface area contributed by atoms with Crippen LogP contribution in [0.25, 0.3) is 10.9 Å². The van der Waals surface area contributed by atoms with Crippen LogP contribution in [0, 0.1) is 19.8 Å². The average Bonchev–Trinajstić information content (AvgIpc) is 2.63. The first-order chi connectivity index (χ1) is 9.06. The van der Waals surface area contributed by atoms with Crippen molar-refractivity contribution < 1.29 is 9.47 Å². The Bertz CT molecular complexity index is 579. The van der Waals surface area contributed by atoms with Gasteiger partial charge in [0.2, 0.25) is 5.88 Å². The summed E-state index contributed by atoms with van der Waals surface area (Å²) in [4.78, 5) is 4.38. The predicted molar refractivity (Wildman–Crippen MR) is 83.8 cm³/mol. The molecule has 2 rings (SSSR count). The third-order valence-electron chi connectivity index (χ3n) is 3.32. The number of pyridine rings is 1. The fraction of sp³-hybridized carbons (Fsp3) is 0.533. The molecule has 5 heteroatoms. The molecule has 0 amide bonds. The zero-order valence-corrected chi connectivity index (χ0v) is 13.6. The number of ether oxygens (including phenoxy) is 2. The van der Waals surface area contributed by atoms with Crippen LogP contribution in [0.1, 0.15) is 25.1 Å². The van der Waals surface area contributed by atoms with Crippen molar-refractivity contribution >= 4 is 23.3 Å². The topological polar surface area (TPSA) is 36.3 Å². The van der Waals surface area contributed by atoms with E-state index in [1.54, 1.807) is 7.11 Å². The Morgan fingerprint density at radius 2 is 2.00 bits per heavy atom. The molecule has 2 heterocycles. The average molecular weight is 299 g/mol. The van der Waals surface area contributed by atoms with Gasteiger partial charge in [-0.15, -0.1) is 12.4 Å². The molecule has 0 atom stereocenters. The first-order valence-corrected chi connectivity index (χ1v) is 6.62. The second kappa shape index (κ2) is 6.95. The molecule has 112 valence electrons. The lowest BCUT2D eigenvalue weighted by Gasteiger charge is -2.12. The lowest BCUT2D eigenvalue weighted by atomic mass is 10.2. The molecule has 0 fully saturated rings. The van der Waals surface area contributed by atoms with Crippen LogP contribution in [0.15, 0.2) is 12.3 Å². The zero-order valence-electron chi connectivity index (χ0n) is 12.8. The highest BCUT2D eigenvalue weighted by atomic mass is 35.5. The van der Waals surface area contributed by atoms with Crippen molar-refractivity contribution in [1.82, 2.24) is 9.55 Å². The molecule has 0 bridgehead atoms. The SMILES string of the molecule is COCn1c(C)c(C)c2ccnc(OCC(C)C)c21.Cl. The van der Waals surface area contributed by atoms with E-state index in [0.717, 1.165) is 5.52 Å². The van der Waals surface area contributed by atoms with Crippen LogP contribution in [0.2, 0.25) is 0 Å². The van der Waals surface area contributed by atoms with Gasteiger partial charge in [-0.2, -0.15) is 0 Å². The number of aryl methyl sites for hydroxylation is 1. The summed E-state index contributed by atoms with van der Waals surface area (Å²) in [5, 5.41) is 1.18. The molecule has 4 nitrogen and oxygen atoms in total. The summed E-state index contributed by atoms with van der Waals surface area (Å²) < 4.78 is 13.3. The number of methoxy groups -OCH3 is 1. The molecule has 0 N–H and O–H groups in total. The van der Waals surface area contributed by atoms with Crippen LogP contribution >= 0.6 is 12.4 Å². The van der Waals surface area contributed by atoms with Gasteiger partial charge in [-0.1, -0.05) is 13.8 Å². The van der Waals surface area contributed by atoms with Crippen molar-refractivity contribution in [3.63, 3.8) is 0 Å². The van der Waals surface area contributed by atoms with Gasteiger partial charge >= 0.3 is 0 Å². The number of nitrogens with zero attached hydrogens (tertiary/aromatic N) is 2. The summed E-state index contributed by atoms with van der Waals surface area (Å²) in [6.07, 6.45) is 1.81. The van der Waals surface area contributed by atoms with Crippen LogP contribution in [0.3, 0.4) is 0 Å². The number of halogens is 1. The summed E-state index contributed by atoms with van der Waals surface area (Å²) >= 11 is 0. The van der Waals surface area contributed by atoms with E-state index in [1.165, 1.54) is 16.6 Å². The molecule has 0 spiro atoms. The second-order valence-corrected chi connectivity index (χ2v) is 5.27. The maximum Gasteiger partial charge on any atom is 0.238 e. The standard InChI is InChI=1S/C15H22N2O2.ClH/c1-10(2)8-19-15-14-13(6-7-16-15)11(3)12(4)17(14)9-18-5;/h6-7,10H,8-9H2,1-5H3;1H. The molecule has 20 heavy (non-hydrogen) atoms. The Hall–Kier alpha value is -1.26. The highest BCUT2D eigenvalue weighted by molar-refractivity contribution is 5.88.